The van der Waals surface area contributed by atoms with E-state index in [0.29, 0.717) is 23.6 Å². The number of nitrogens with one attached hydrogen (secondary N) is 1. The monoisotopic (exact) mass is 306 g/mol. The SMILES string of the molecule is COc1ccccc1NC(=O)[C@H]1CS[C@@]2(C)CCC(=O)N12. The number of anilines is 1. The minimum Gasteiger partial charge on any atom is -0.495 e. The van der Waals surface area contributed by atoms with Crippen LogP contribution in [0.15, 0.2) is 24.3 Å². The van der Waals surface area contributed by atoms with Crippen molar-refractivity contribution in [1.82, 2.24) is 4.90 Å². The molecular formula is C15H18N2O3S. The van der Waals surface area contributed by atoms with E-state index in [9.17, 15) is 9.59 Å². The minimum atomic E-state index is -0.403. The third-order valence-corrected chi connectivity index (χ3v) is 5.62. The molecule has 3 rings (SSSR count). The molecule has 2 amide bonds. The number of hydrogen-bond acceptors (Lipinski definition) is 4. The van der Waals surface area contributed by atoms with Crippen LogP contribution in [0.25, 0.3) is 0 Å². The number of methoxy groups -OCH3 is 1. The molecule has 0 bridgehead atoms. The Kier molecular flexibility index (Phi) is 3.57. The van der Waals surface area contributed by atoms with Crippen LogP contribution in [0.2, 0.25) is 0 Å². The maximum absolute atomic E-state index is 12.5. The summed E-state index contributed by atoms with van der Waals surface area (Å²) in [6.07, 6.45) is 1.34. The van der Waals surface area contributed by atoms with Crippen LogP contribution in [0.5, 0.6) is 5.75 Å². The van der Waals surface area contributed by atoms with Crippen molar-refractivity contribution in [2.45, 2.75) is 30.7 Å². The van der Waals surface area contributed by atoms with Crippen LogP contribution in [-0.4, -0.2) is 40.5 Å². The molecule has 21 heavy (non-hydrogen) atoms. The average molecular weight is 306 g/mol. The summed E-state index contributed by atoms with van der Waals surface area (Å²) in [6.45, 7) is 2.04. The summed E-state index contributed by atoms with van der Waals surface area (Å²) in [6, 6.07) is 6.88. The quantitative estimate of drug-likeness (QED) is 0.929. The second-order valence-electron chi connectivity index (χ2n) is 5.46. The summed E-state index contributed by atoms with van der Waals surface area (Å²) in [4.78, 5) is 26.1. The number of ether oxygens (including phenoxy) is 1. The molecule has 0 unspecified atom stereocenters. The summed E-state index contributed by atoms with van der Waals surface area (Å²) in [5.41, 5.74) is 0.634. The molecule has 1 N–H and O–H groups in total. The van der Waals surface area contributed by atoms with Crippen molar-refractivity contribution in [3.8, 4) is 5.75 Å². The third-order valence-electron chi connectivity index (χ3n) is 4.11. The van der Waals surface area contributed by atoms with Gasteiger partial charge < -0.3 is 15.0 Å². The molecule has 6 heteroatoms. The molecule has 2 aliphatic rings. The first kappa shape index (κ1) is 14.3. The van der Waals surface area contributed by atoms with Crippen molar-refractivity contribution in [3.63, 3.8) is 0 Å². The van der Waals surface area contributed by atoms with Crippen LogP contribution in [0, 0.1) is 0 Å². The van der Waals surface area contributed by atoms with Crippen LogP contribution < -0.4 is 10.1 Å². The van der Waals surface area contributed by atoms with Gasteiger partial charge in [-0.05, 0) is 25.5 Å². The molecule has 2 fully saturated rings. The zero-order valence-corrected chi connectivity index (χ0v) is 12.9. The summed E-state index contributed by atoms with van der Waals surface area (Å²) in [5, 5.41) is 2.88. The number of benzene rings is 1. The van der Waals surface area contributed by atoms with Crippen molar-refractivity contribution >= 4 is 29.3 Å². The lowest BCUT2D eigenvalue weighted by Crippen LogP contribution is -2.48. The van der Waals surface area contributed by atoms with Gasteiger partial charge in [-0.25, -0.2) is 0 Å². The van der Waals surface area contributed by atoms with E-state index in [0.717, 1.165) is 6.42 Å². The van der Waals surface area contributed by atoms with Gasteiger partial charge in [-0.2, -0.15) is 0 Å². The van der Waals surface area contributed by atoms with Gasteiger partial charge in [0.2, 0.25) is 11.8 Å². The Bertz CT molecular complexity index is 592. The number of hydrogen-bond donors (Lipinski definition) is 1. The zero-order valence-electron chi connectivity index (χ0n) is 12.1. The lowest BCUT2D eigenvalue weighted by Gasteiger charge is -2.29. The molecule has 0 spiro atoms. The Balaban J connectivity index is 1.79. The van der Waals surface area contributed by atoms with Crippen LogP contribution in [0.4, 0.5) is 5.69 Å². The molecule has 1 aromatic rings. The maximum Gasteiger partial charge on any atom is 0.248 e. The highest BCUT2D eigenvalue weighted by Gasteiger charge is 2.52. The van der Waals surface area contributed by atoms with Crippen molar-refractivity contribution in [2.75, 3.05) is 18.2 Å². The highest BCUT2D eigenvalue weighted by atomic mass is 32.2. The van der Waals surface area contributed by atoms with Gasteiger partial charge in [-0.1, -0.05) is 12.1 Å². The topological polar surface area (TPSA) is 58.6 Å². The molecule has 2 saturated heterocycles. The first-order chi connectivity index (χ1) is 10.0. The summed E-state index contributed by atoms with van der Waals surface area (Å²) < 4.78 is 5.24. The number of nitrogens with zero attached hydrogens (tertiary/aromatic N) is 1. The van der Waals surface area contributed by atoms with E-state index in [-0.39, 0.29) is 16.7 Å². The van der Waals surface area contributed by atoms with E-state index in [2.05, 4.69) is 5.32 Å². The first-order valence-corrected chi connectivity index (χ1v) is 7.94. The van der Waals surface area contributed by atoms with Gasteiger partial charge in [0.05, 0.1) is 17.7 Å². The second kappa shape index (κ2) is 5.26. The van der Waals surface area contributed by atoms with E-state index in [1.165, 1.54) is 0 Å². The average Bonchev–Trinajstić information content (AvgIpc) is 2.97. The van der Waals surface area contributed by atoms with Crippen LogP contribution >= 0.6 is 11.8 Å². The van der Waals surface area contributed by atoms with E-state index < -0.39 is 6.04 Å². The smallest absolute Gasteiger partial charge is 0.248 e. The molecule has 0 aromatic heterocycles. The number of thioether (sulfide) groups is 1. The molecule has 0 saturated carbocycles. The van der Waals surface area contributed by atoms with Crippen molar-refractivity contribution < 1.29 is 14.3 Å². The highest BCUT2D eigenvalue weighted by molar-refractivity contribution is 8.01. The Labute approximate surface area is 128 Å². The van der Waals surface area contributed by atoms with Crippen molar-refractivity contribution in [1.29, 1.82) is 0 Å². The molecule has 0 aliphatic carbocycles. The minimum absolute atomic E-state index is 0.0719. The predicted octanol–water partition coefficient (Wildman–Crippen LogP) is 2.09. The molecule has 2 atom stereocenters. The third kappa shape index (κ3) is 2.37. The molecule has 0 radical (unpaired) electrons. The summed E-state index contributed by atoms with van der Waals surface area (Å²) in [5.74, 6) is 1.18. The van der Waals surface area contributed by atoms with E-state index in [1.54, 1.807) is 35.9 Å². The van der Waals surface area contributed by atoms with Gasteiger partial charge in [0.25, 0.3) is 0 Å². The van der Waals surface area contributed by atoms with Gasteiger partial charge in [-0.15, -0.1) is 11.8 Å². The Morgan fingerprint density at radius 3 is 3.00 bits per heavy atom. The Hall–Kier alpha value is -1.69. The number of carbonyl (C=O) groups excluding carboxylic acids is 2. The standard InChI is InChI=1S/C15H18N2O3S/c1-15-8-7-13(18)17(15)11(9-21-15)14(19)16-10-5-3-4-6-12(10)20-2/h3-6,11H,7-9H2,1-2H3,(H,16,19)/t11-,15+/m1/s1. The van der Waals surface area contributed by atoms with E-state index in [4.69, 9.17) is 4.74 Å². The summed E-state index contributed by atoms with van der Waals surface area (Å²) in [7, 11) is 1.57. The van der Waals surface area contributed by atoms with Crippen LogP contribution in [0.1, 0.15) is 19.8 Å². The number of rotatable bonds is 3. The van der Waals surface area contributed by atoms with E-state index in [1.807, 2.05) is 19.1 Å². The van der Waals surface area contributed by atoms with E-state index >= 15 is 0 Å². The van der Waals surface area contributed by atoms with Gasteiger partial charge in [-0.3, -0.25) is 9.59 Å². The Morgan fingerprint density at radius 1 is 1.48 bits per heavy atom. The highest BCUT2D eigenvalue weighted by Crippen LogP contribution is 2.47. The molecule has 2 heterocycles. The predicted molar refractivity (Wildman–Crippen MR) is 82.4 cm³/mol. The molecule has 5 nitrogen and oxygen atoms in total. The molecule has 2 aliphatic heterocycles. The number of carbonyl (C=O) groups is 2. The molecule has 112 valence electrons. The van der Waals surface area contributed by atoms with Gasteiger partial charge in [0.15, 0.2) is 0 Å². The fourth-order valence-electron chi connectivity index (χ4n) is 2.98. The maximum atomic E-state index is 12.5. The fourth-order valence-corrected chi connectivity index (χ4v) is 4.41. The first-order valence-electron chi connectivity index (χ1n) is 6.95. The largest absolute Gasteiger partial charge is 0.495 e. The lowest BCUT2D eigenvalue weighted by molar-refractivity contribution is -0.135. The Morgan fingerprint density at radius 2 is 2.24 bits per heavy atom. The molecular weight excluding hydrogens is 288 g/mol. The van der Waals surface area contributed by atoms with Gasteiger partial charge in [0, 0.05) is 12.2 Å². The zero-order chi connectivity index (χ0) is 15.0. The lowest BCUT2D eigenvalue weighted by atomic mass is 10.2. The van der Waals surface area contributed by atoms with Crippen LogP contribution in [0.3, 0.4) is 0 Å². The fraction of sp³-hybridized carbons (Fsp3) is 0.467. The van der Waals surface area contributed by atoms with Gasteiger partial charge >= 0.3 is 0 Å². The molecule has 1 aromatic carbocycles. The number of para-hydroxylation sites is 2. The summed E-state index contributed by atoms with van der Waals surface area (Å²) >= 11 is 1.69. The van der Waals surface area contributed by atoms with Crippen LogP contribution in [-0.2, 0) is 9.59 Å². The number of amides is 2. The normalized spacial score (nSPS) is 27.6. The second-order valence-corrected chi connectivity index (χ2v) is 6.96. The van der Waals surface area contributed by atoms with Crippen molar-refractivity contribution in [3.05, 3.63) is 24.3 Å². The van der Waals surface area contributed by atoms with Crippen molar-refractivity contribution in [2.24, 2.45) is 0 Å². The van der Waals surface area contributed by atoms with Gasteiger partial charge in [0.1, 0.15) is 11.8 Å². The number of fused-ring (bicyclic) bond motifs is 1.